The summed E-state index contributed by atoms with van der Waals surface area (Å²) in [6.07, 6.45) is -3.79. The molecule has 0 unspecified atom stereocenters. The van der Waals surface area contributed by atoms with Gasteiger partial charge >= 0.3 is 11.9 Å². The van der Waals surface area contributed by atoms with E-state index in [9.17, 15) is 9.59 Å². The number of carbonyl (C=O) groups excluding carboxylic acids is 2. The Hall–Kier alpha value is -4.38. The third-order valence-electron chi connectivity index (χ3n) is 7.61. The lowest BCUT2D eigenvalue weighted by Gasteiger charge is -2.45. The third-order valence-corrected chi connectivity index (χ3v) is 7.61. The van der Waals surface area contributed by atoms with Gasteiger partial charge < -0.3 is 33.2 Å². The first kappa shape index (κ1) is 33.0. The minimum absolute atomic E-state index is 0.0798. The summed E-state index contributed by atoms with van der Waals surface area (Å²) >= 11 is 0. The van der Waals surface area contributed by atoms with Crippen LogP contribution in [-0.4, -0.2) is 63.5 Å². The van der Waals surface area contributed by atoms with E-state index in [-0.39, 0.29) is 37.6 Å². The van der Waals surface area contributed by atoms with Crippen LogP contribution in [0.15, 0.2) is 115 Å². The summed E-state index contributed by atoms with van der Waals surface area (Å²) in [6, 6.07) is 35.6. The Morgan fingerprint density at radius 1 is 0.565 bits per heavy atom. The van der Waals surface area contributed by atoms with Gasteiger partial charge in [-0.3, -0.25) is 0 Å². The highest BCUT2D eigenvalue weighted by molar-refractivity contribution is 6.03. The minimum atomic E-state index is -0.868. The largest absolute Gasteiger partial charge is 0.465 e. The van der Waals surface area contributed by atoms with Gasteiger partial charge in [-0.2, -0.15) is 0 Å². The van der Waals surface area contributed by atoms with Gasteiger partial charge in [0.05, 0.1) is 38.1 Å². The number of benzene rings is 4. The molecule has 0 aromatic heterocycles. The van der Waals surface area contributed by atoms with E-state index in [1.54, 1.807) is 12.1 Å². The van der Waals surface area contributed by atoms with Gasteiger partial charge in [0.15, 0.2) is 6.29 Å². The van der Waals surface area contributed by atoms with Gasteiger partial charge in [0, 0.05) is 7.11 Å². The Balaban J connectivity index is 1.42. The standard InChI is InChI=1S/C37H38O9/c1-40-35(38)29-20-12-13-21-30(29)36(39)45-25-31-32(42-22-26-14-6-3-7-15-26)33(43-23-27-16-8-4-9-17-27)34(37(41-2)46-31)44-24-28-18-10-5-11-19-28/h3-21,31-34,37H,22-25H2,1-2H3/t31-,32-,33+,34-,37-/m1/s1. The molecule has 1 heterocycles. The molecule has 4 aromatic carbocycles. The highest BCUT2D eigenvalue weighted by Gasteiger charge is 2.49. The molecule has 0 saturated carbocycles. The van der Waals surface area contributed by atoms with Gasteiger partial charge in [-0.1, -0.05) is 103 Å². The summed E-state index contributed by atoms with van der Waals surface area (Å²) in [4.78, 5) is 25.6. The van der Waals surface area contributed by atoms with E-state index in [1.807, 2.05) is 91.0 Å². The molecule has 1 aliphatic heterocycles. The topological polar surface area (TPSA) is 98.8 Å². The fraction of sp³-hybridized carbons (Fsp3) is 0.297. The quantitative estimate of drug-likeness (QED) is 0.162. The maximum absolute atomic E-state index is 13.3. The molecule has 5 rings (SSSR count). The molecule has 9 nitrogen and oxygen atoms in total. The van der Waals surface area contributed by atoms with Crippen LogP contribution in [0.5, 0.6) is 0 Å². The summed E-state index contributed by atoms with van der Waals surface area (Å²) in [5.41, 5.74) is 3.07. The lowest BCUT2D eigenvalue weighted by atomic mass is 9.97. The smallest absolute Gasteiger partial charge is 0.339 e. The van der Waals surface area contributed by atoms with E-state index in [4.69, 9.17) is 33.2 Å². The number of hydrogen-bond acceptors (Lipinski definition) is 9. The Labute approximate surface area is 268 Å². The Morgan fingerprint density at radius 3 is 1.48 bits per heavy atom. The van der Waals surface area contributed by atoms with Crippen molar-refractivity contribution in [3.05, 3.63) is 143 Å². The first-order chi connectivity index (χ1) is 22.6. The maximum atomic E-state index is 13.3. The summed E-state index contributed by atoms with van der Waals surface area (Å²) in [5.74, 6) is -1.35. The molecule has 0 amide bonds. The molecule has 0 N–H and O–H groups in total. The Bertz CT molecular complexity index is 1510. The van der Waals surface area contributed by atoms with Crippen molar-refractivity contribution in [2.24, 2.45) is 0 Å². The van der Waals surface area contributed by atoms with E-state index < -0.39 is 42.6 Å². The highest BCUT2D eigenvalue weighted by atomic mass is 16.7. The van der Waals surface area contributed by atoms with E-state index in [1.165, 1.54) is 26.4 Å². The van der Waals surface area contributed by atoms with Crippen LogP contribution in [0, 0.1) is 0 Å². The Morgan fingerprint density at radius 2 is 1.00 bits per heavy atom. The van der Waals surface area contributed by atoms with Gasteiger partial charge in [-0.15, -0.1) is 0 Å². The molecule has 4 aromatic rings. The lowest BCUT2D eigenvalue weighted by molar-refractivity contribution is -0.321. The van der Waals surface area contributed by atoms with Gasteiger partial charge in [-0.25, -0.2) is 9.59 Å². The molecule has 0 bridgehead atoms. The van der Waals surface area contributed by atoms with Crippen molar-refractivity contribution >= 4 is 11.9 Å². The van der Waals surface area contributed by atoms with E-state index in [0.29, 0.717) is 0 Å². The summed E-state index contributed by atoms with van der Waals surface area (Å²) in [6.45, 7) is 0.607. The van der Waals surface area contributed by atoms with Crippen LogP contribution in [0.3, 0.4) is 0 Å². The summed E-state index contributed by atoms with van der Waals surface area (Å²) in [5, 5.41) is 0. The molecule has 5 atom stereocenters. The molecule has 0 spiro atoms. The van der Waals surface area contributed by atoms with Crippen LogP contribution in [0.4, 0.5) is 0 Å². The zero-order valence-electron chi connectivity index (χ0n) is 25.9. The molecule has 1 fully saturated rings. The van der Waals surface area contributed by atoms with Gasteiger partial charge in [0.2, 0.25) is 0 Å². The second-order valence-electron chi connectivity index (χ2n) is 10.7. The van der Waals surface area contributed by atoms with Crippen LogP contribution in [0.2, 0.25) is 0 Å². The number of ether oxygens (including phenoxy) is 7. The molecule has 240 valence electrons. The molecule has 1 aliphatic rings. The SMILES string of the molecule is COC(=O)c1ccccc1C(=O)OC[C@H]1O[C@@H](OC)[C@H](OCc2ccccc2)[C@@H](OCc2ccccc2)[C@@H]1OCc1ccccc1. The Kier molecular flexibility index (Phi) is 12.0. The number of hydrogen-bond donors (Lipinski definition) is 0. The van der Waals surface area contributed by atoms with Crippen LogP contribution in [0.25, 0.3) is 0 Å². The van der Waals surface area contributed by atoms with Crippen molar-refractivity contribution in [2.75, 3.05) is 20.8 Å². The lowest BCUT2D eigenvalue weighted by Crippen LogP contribution is -2.61. The van der Waals surface area contributed by atoms with Crippen LogP contribution >= 0.6 is 0 Å². The summed E-state index contributed by atoms with van der Waals surface area (Å²) < 4.78 is 42.3. The fourth-order valence-electron chi connectivity index (χ4n) is 5.25. The third kappa shape index (κ3) is 8.66. The van der Waals surface area contributed by atoms with E-state index in [0.717, 1.165) is 16.7 Å². The van der Waals surface area contributed by atoms with E-state index >= 15 is 0 Å². The zero-order valence-corrected chi connectivity index (χ0v) is 25.9. The molecule has 46 heavy (non-hydrogen) atoms. The van der Waals surface area contributed by atoms with Gasteiger partial charge in [0.1, 0.15) is 31.0 Å². The summed E-state index contributed by atoms with van der Waals surface area (Å²) in [7, 11) is 2.78. The predicted molar refractivity (Wildman–Crippen MR) is 169 cm³/mol. The van der Waals surface area contributed by atoms with Crippen molar-refractivity contribution in [3.8, 4) is 0 Å². The zero-order chi connectivity index (χ0) is 32.1. The number of methoxy groups -OCH3 is 2. The molecule has 9 heteroatoms. The van der Waals surface area contributed by atoms with E-state index in [2.05, 4.69) is 0 Å². The highest BCUT2D eigenvalue weighted by Crippen LogP contribution is 2.31. The molecule has 1 saturated heterocycles. The molecular formula is C37H38O9. The normalized spacial score (nSPS) is 21.0. The fourth-order valence-corrected chi connectivity index (χ4v) is 5.25. The molecular weight excluding hydrogens is 588 g/mol. The second kappa shape index (κ2) is 16.8. The second-order valence-corrected chi connectivity index (χ2v) is 10.7. The molecule has 0 radical (unpaired) electrons. The monoisotopic (exact) mass is 626 g/mol. The van der Waals surface area contributed by atoms with Crippen molar-refractivity contribution in [3.63, 3.8) is 0 Å². The average Bonchev–Trinajstić information content (AvgIpc) is 3.12. The minimum Gasteiger partial charge on any atom is -0.465 e. The van der Waals surface area contributed by atoms with Crippen LogP contribution < -0.4 is 0 Å². The van der Waals surface area contributed by atoms with Crippen molar-refractivity contribution in [2.45, 2.75) is 50.5 Å². The first-order valence-corrected chi connectivity index (χ1v) is 15.1. The predicted octanol–water partition coefficient (Wildman–Crippen LogP) is 5.76. The number of esters is 2. The van der Waals surface area contributed by atoms with Crippen molar-refractivity contribution < 1.29 is 42.7 Å². The van der Waals surface area contributed by atoms with Crippen molar-refractivity contribution in [1.82, 2.24) is 0 Å². The number of carbonyl (C=O) groups is 2. The average molecular weight is 627 g/mol. The van der Waals surface area contributed by atoms with Gasteiger partial charge in [0.25, 0.3) is 0 Å². The maximum Gasteiger partial charge on any atom is 0.339 e. The van der Waals surface area contributed by atoms with Crippen LogP contribution in [0.1, 0.15) is 37.4 Å². The van der Waals surface area contributed by atoms with Gasteiger partial charge in [-0.05, 0) is 28.8 Å². The first-order valence-electron chi connectivity index (χ1n) is 15.1. The van der Waals surface area contributed by atoms with Crippen LogP contribution in [-0.2, 0) is 53.0 Å². The number of rotatable bonds is 14. The van der Waals surface area contributed by atoms with Crippen molar-refractivity contribution in [1.29, 1.82) is 0 Å². The molecule has 0 aliphatic carbocycles.